The zero-order valence-corrected chi connectivity index (χ0v) is 13.0. The molecule has 1 fully saturated rings. The molecule has 1 saturated carbocycles. The van der Waals surface area contributed by atoms with Gasteiger partial charge in [0.1, 0.15) is 11.9 Å². The largest absolute Gasteiger partial charge is 0.342 e. The fourth-order valence-electron chi connectivity index (χ4n) is 3.22. The van der Waals surface area contributed by atoms with Crippen LogP contribution in [0, 0.1) is 5.92 Å². The molecule has 116 valence electrons. The fourth-order valence-corrected chi connectivity index (χ4v) is 3.22. The van der Waals surface area contributed by atoms with E-state index in [2.05, 4.69) is 10.3 Å². The third-order valence-electron chi connectivity index (χ3n) is 4.51. The minimum atomic E-state index is -0.185. The standard InChI is InChI=1S/C18H23N3O/c1-21-13-12-19-17(21)16(14-8-4-2-5-9-14)20-18(22)15-10-6-3-7-11-15/h2,4-5,8-9,12-13,15-16H,3,6-7,10-11H2,1H3,(H,20,22)/t16-/m0/s1. The molecule has 1 aromatic carbocycles. The molecule has 1 N–H and O–H groups in total. The van der Waals surface area contributed by atoms with Gasteiger partial charge in [-0.2, -0.15) is 0 Å². The zero-order valence-electron chi connectivity index (χ0n) is 13.0. The summed E-state index contributed by atoms with van der Waals surface area (Å²) < 4.78 is 1.97. The number of aryl methyl sites for hydroxylation is 1. The number of imidazole rings is 1. The van der Waals surface area contributed by atoms with E-state index in [4.69, 9.17) is 0 Å². The third-order valence-corrected chi connectivity index (χ3v) is 4.51. The van der Waals surface area contributed by atoms with Crippen molar-refractivity contribution in [2.24, 2.45) is 13.0 Å². The molecule has 1 atom stereocenters. The SMILES string of the molecule is Cn1ccnc1[C@@H](NC(=O)C1CCCCC1)c1ccccc1. The van der Waals surface area contributed by atoms with Crippen molar-refractivity contribution < 1.29 is 4.79 Å². The van der Waals surface area contributed by atoms with Crippen molar-refractivity contribution in [3.63, 3.8) is 0 Å². The lowest BCUT2D eigenvalue weighted by Crippen LogP contribution is -2.36. The smallest absolute Gasteiger partial charge is 0.223 e. The van der Waals surface area contributed by atoms with Gasteiger partial charge in [0.05, 0.1) is 0 Å². The van der Waals surface area contributed by atoms with Gasteiger partial charge in [-0.25, -0.2) is 4.98 Å². The number of benzene rings is 1. The van der Waals surface area contributed by atoms with Crippen molar-refractivity contribution in [1.82, 2.24) is 14.9 Å². The summed E-state index contributed by atoms with van der Waals surface area (Å²) in [6, 6.07) is 9.88. The number of carbonyl (C=O) groups excluding carboxylic acids is 1. The summed E-state index contributed by atoms with van der Waals surface area (Å²) in [7, 11) is 1.96. The molecule has 1 amide bonds. The molecule has 0 saturated heterocycles. The summed E-state index contributed by atoms with van der Waals surface area (Å²) in [6.07, 6.45) is 9.29. The van der Waals surface area contributed by atoms with E-state index in [9.17, 15) is 4.79 Å². The minimum Gasteiger partial charge on any atom is -0.342 e. The van der Waals surface area contributed by atoms with Crippen LogP contribution in [0.5, 0.6) is 0 Å². The molecule has 0 spiro atoms. The van der Waals surface area contributed by atoms with Crippen LogP contribution in [0.3, 0.4) is 0 Å². The number of hydrogen-bond donors (Lipinski definition) is 1. The van der Waals surface area contributed by atoms with E-state index >= 15 is 0 Å². The van der Waals surface area contributed by atoms with Crippen LogP contribution in [0.25, 0.3) is 0 Å². The lowest BCUT2D eigenvalue weighted by atomic mass is 9.88. The van der Waals surface area contributed by atoms with Crippen LogP contribution in [0.15, 0.2) is 42.7 Å². The highest BCUT2D eigenvalue weighted by molar-refractivity contribution is 5.79. The number of amides is 1. The monoisotopic (exact) mass is 297 g/mol. The van der Waals surface area contributed by atoms with Crippen molar-refractivity contribution in [1.29, 1.82) is 0 Å². The lowest BCUT2D eigenvalue weighted by molar-refractivity contribution is -0.126. The van der Waals surface area contributed by atoms with Gasteiger partial charge in [0.25, 0.3) is 0 Å². The molecule has 0 radical (unpaired) electrons. The molecular formula is C18H23N3O. The van der Waals surface area contributed by atoms with Crippen LogP contribution in [0.4, 0.5) is 0 Å². The van der Waals surface area contributed by atoms with Crippen LogP contribution in [0.1, 0.15) is 49.5 Å². The van der Waals surface area contributed by atoms with Gasteiger partial charge in [-0.15, -0.1) is 0 Å². The molecule has 4 nitrogen and oxygen atoms in total. The second-order valence-corrected chi connectivity index (χ2v) is 6.08. The molecular weight excluding hydrogens is 274 g/mol. The maximum atomic E-state index is 12.6. The van der Waals surface area contributed by atoms with Gasteiger partial charge in [0, 0.05) is 25.4 Å². The van der Waals surface area contributed by atoms with Crippen LogP contribution in [-0.2, 0) is 11.8 Å². The maximum Gasteiger partial charge on any atom is 0.223 e. The van der Waals surface area contributed by atoms with E-state index in [1.807, 2.05) is 48.1 Å². The highest BCUT2D eigenvalue weighted by atomic mass is 16.1. The van der Waals surface area contributed by atoms with Gasteiger partial charge in [0.2, 0.25) is 5.91 Å². The predicted octanol–water partition coefficient (Wildman–Crippen LogP) is 3.21. The van der Waals surface area contributed by atoms with Crippen molar-refractivity contribution >= 4 is 5.91 Å². The Hall–Kier alpha value is -2.10. The van der Waals surface area contributed by atoms with Gasteiger partial charge < -0.3 is 9.88 Å². The average molecular weight is 297 g/mol. The van der Waals surface area contributed by atoms with Crippen molar-refractivity contribution in [3.8, 4) is 0 Å². The Morgan fingerprint density at radius 2 is 1.95 bits per heavy atom. The molecule has 1 heterocycles. The molecule has 2 aromatic rings. The van der Waals surface area contributed by atoms with Crippen molar-refractivity contribution in [2.45, 2.75) is 38.1 Å². The molecule has 0 aliphatic heterocycles. The zero-order chi connectivity index (χ0) is 15.4. The number of hydrogen-bond acceptors (Lipinski definition) is 2. The second kappa shape index (κ2) is 6.77. The minimum absolute atomic E-state index is 0.153. The predicted molar refractivity (Wildman–Crippen MR) is 86.2 cm³/mol. The Morgan fingerprint density at radius 3 is 2.59 bits per heavy atom. The van der Waals surface area contributed by atoms with Crippen LogP contribution in [-0.4, -0.2) is 15.5 Å². The summed E-state index contributed by atoms with van der Waals surface area (Å²) in [5, 5.41) is 3.22. The molecule has 0 unspecified atom stereocenters. The highest BCUT2D eigenvalue weighted by Gasteiger charge is 2.26. The quantitative estimate of drug-likeness (QED) is 0.942. The Labute approximate surface area is 131 Å². The molecule has 4 heteroatoms. The average Bonchev–Trinajstić information content (AvgIpc) is 3.00. The summed E-state index contributed by atoms with van der Waals surface area (Å²) in [5.41, 5.74) is 1.07. The van der Waals surface area contributed by atoms with Gasteiger partial charge in [-0.3, -0.25) is 4.79 Å². The molecule has 1 aliphatic carbocycles. The summed E-state index contributed by atoms with van der Waals surface area (Å²) in [4.78, 5) is 17.1. The van der Waals surface area contributed by atoms with Gasteiger partial charge in [-0.1, -0.05) is 49.6 Å². The topological polar surface area (TPSA) is 46.9 Å². The first-order chi connectivity index (χ1) is 10.8. The lowest BCUT2D eigenvalue weighted by Gasteiger charge is -2.25. The van der Waals surface area contributed by atoms with Gasteiger partial charge in [0.15, 0.2) is 0 Å². The Bertz CT molecular complexity index is 614. The van der Waals surface area contributed by atoms with Crippen molar-refractivity contribution in [3.05, 3.63) is 54.1 Å². The van der Waals surface area contributed by atoms with E-state index in [1.165, 1.54) is 6.42 Å². The summed E-state index contributed by atoms with van der Waals surface area (Å²) in [5.74, 6) is 1.19. The van der Waals surface area contributed by atoms with E-state index in [0.717, 1.165) is 37.1 Å². The first-order valence-electron chi connectivity index (χ1n) is 8.08. The summed E-state index contributed by atoms with van der Waals surface area (Å²) in [6.45, 7) is 0. The number of carbonyl (C=O) groups is 1. The van der Waals surface area contributed by atoms with Crippen molar-refractivity contribution in [2.75, 3.05) is 0 Å². The number of aromatic nitrogens is 2. The molecule has 1 aromatic heterocycles. The third kappa shape index (κ3) is 3.21. The Balaban J connectivity index is 1.83. The normalized spacial score (nSPS) is 17.1. The first-order valence-corrected chi connectivity index (χ1v) is 8.08. The van der Waals surface area contributed by atoms with Gasteiger partial charge in [-0.05, 0) is 18.4 Å². The Kier molecular flexibility index (Phi) is 4.56. The first kappa shape index (κ1) is 14.8. The number of nitrogens with zero attached hydrogens (tertiary/aromatic N) is 2. The molecule has 22 heavy (non-hydrogen) atoms. The van der Waals surface area contributed by atoms with E-state index in [-0.39, 0.29) is 17.9 Å². The number of nitrogens with one attached hydrogen (secondary N) is 1. The molecule has 3 rings (SSSR count). The highest BCUT2D eigenvalue weighted by Crippen LogP contribution is 2.26. The van der Waals surface area contributed by atoms with Crippen LogP contribution in [0.2, 0.25) is 0 Å². The van der Waals surface area contributed by atoms with E-state index in [0.29, 0.717) is 0 Å². The molecule has 1 aliphatic rings. The van der Waals surface area contributed by atoms with Crippen LogP contribution >= 0.6 is 0 Å². The van der Waals surface area contributed by atoms with Gasteiger partial charge >= 0.3 is 0 Å². The van der Waals surface area contributed by atoms with E-state index in [1.54, 1.807) is 6.20 Å². The molecule has 0 bridgehead atoms. The van der Waals surface area contributed by atoms with E-state index < -0.39 is 0 Å². The maximum absolute atomic E-state index is 12.6. The Morgan fingerprint density at radius 1 is 1.23 bits per heavy atom. The fraction of sp³-hybridized carbons (Fsp3) is 0.444. The number of rotatable bonds is 4. The van der Waals surface area contributed by atoms with Crippen LogP contribution < -0.4 is 5.32 Å². The summed E-state index contributed by atoms with van der Waals surface area (Å²) >= 11 is 0. The second-order valence-electron chi connectivity index (χ2n) is 6.08.